The van der Waals surface area contributed by atoms with Crippen LogP contribution in [0.15, 0.2) is 59.5 Å². The molecule has 0 saturated heterocycles. The summed E-state index contributed by atoms with van der Waals surface area (Å²) < 4.78 is 45.4. The molecule has 0 fully saturated rings. The van der Waals surface area contributed by atoms with Gasteiger partial charge in [-0.3, -0.25) is 9.78 Å². The normalized spacial score (nSPS) is 15.8. The number of amides is 1. The minimum absolute atomic E-state index is 0.103. The summed E-state index contributed by atoms with van der Waals surface area (Å²) in [6, 6.07) is 11.6. The van der Waals surface area contributed by atoms with Crippen LogP contribution in [0.4, 0.5) is 13.2 Å². The van der Waals surface area contributed by atoms with E-state index in [-0.39, 0.29) is 12.0 Å². The molecule has 3 aromatic rings. The molecular weight excluding hydrogens is 443 g/mol. The number of rotatable bonds is 4. The van der Waals surface area contributed by atoms with Gasteiger partial charge < -0.3 is 23.7 Å². The standard InChI is InChI=1S/C20H21N3O3.C2HF3O2/c1-15-7-10-25-19(15)20(24)23-11-17-6-4-9-22(17)12-18(13-23)26-14-16-5-2-3-8-21-16;3-2(4,5)1(6)7/h2-10,18H,11-14H2,1H3;(H,6,7). The maximum atomic E-state index is 12.9. The molecule has 1 N–H and O–H groups in total. The first-order valence-corrected chi connectivity index (χ1v) is 9.94. The van der Waals surface area contributed by atoms with Gasteiger partial charge in [0.2, 0.25) is 0 Å². The molecular formula is C22H22F3N3O5. The Morgan fingerprint density at radius 2 is 1.97 bits per heavy atom. The minimum Gasteiger partial charge on any atom is -0.475 e. The fourth-order valence-corrected chi connectivity index (χ4v) is 3.24. The molecule has 11 heteroatoms. The topological polar surface area (TPSA) is 97.8 Å². The molecule has 4 rings (SSSR count). The van der Waals surface area contributed by atoms with Crippen molar-refractivity contribution in [3.05, 3.63) is 77.8 Å². The van der Waals surface area contributed by atoms with E-state index in [1.807, 2.05) is 49.5 Å². The number of carboxylic acids is 1. The van der Waals surface area contributed by atoms with Crippen molar-refractivity contribution in [1.29, 1.82) is 0 Å². The molecule has 1 atom stereocenters. The van der Waals surface area contributed by atoms with Crippen LogP contribution in [0.3, 0.4) is 0 Å². The third-order valence-electron chi connectivity index (χ3n) is 4.88. The molecule has 0 spiro atoms. The van der Waals surface area contributed by atoms with E-state index < -0.39 is 12.1 Å². The van der Waals surface area contributed by atoms with Gasteiger partial charge in [0, 0.05) is 30.2 Å². The quantitative estimate of drug-likeness (QED) is 0.632. The van der Waals surface area contributed by atoms with Crippen LogP contribution in [0.1, 0.15) is 27.5 Å². The zero-order valence-electron chi connectivity index (χ0n) is 17.7. The van der Waals surface area contributed by atoms with Gasteiger partial charge in [0.25, 0.3) is 5.91 Å². The van der Waals surface area contributed by atoms with E-state index in [1.165, 1.54) is 0 Å². The van der Waals surface area contributed by atoms with E-state index in [2.05, 4.69) is 9.55 Å². The number of nitrogens with zero attached hydrogens (tertiary/aromatic N) is 3. The number of aromatic nitrogens is 2. The number of aryl methyl sites for hydroxylation is 1. The predicted octanol–water partition coefficient (Wildman–Crippen LogP) is 3.66. The summed E-state index contributed by atoms with van der Waals surface area (Å²) in [5.41, 5.74) is 2.82. The summed E-state index contributed by atoms with van der Waals surface area (Å²) in [6.07, 6.45) is 0.132. The monoisotopic (exact) mass is 465 g/mol. The summed E-state index contributed by atoms with van der Waals surface area (Å²) in [7, 11) is 0. The Morgan fingerprint density at radius 3 is 2.58 bits per heavy atom. The first kappa shape index (κ1) is 24.1. The zero-order chi connectivity index (χ0) is 24.0. The molecule has 0 radical (unpaired) electrons. The lowest BCUT2D eigenvalue weighted by Gasteiger charge is -2.24. The Hall–Kier alpha value is -3.60. The van der Waals surface area contributed by atoms with Crippen molar-refractivity contribution < 1.29 is 37.0 Å². The lowest BCUT2D eigenvalue weighted by atomic mass is 10.2. The molecule has 3 aromatic heterocycles. The molecule has 0 aromatic carbocycles. The number of halogens is 3. The van der Waals surface area contributed by atoms with E-state index in [1.54, 1.807) is 17.4 Å². The lowest BCUT2D eigenvalue weighted by molar-refractivity contribution is -0.192. The van der Waals surface area contributed by atoms with Crippen LogP contribution in [0.2, 0.25) is 0 Å². The van der Waals surface area contributed by atoms with Crippen molar-refractivity contribution >= 4 is 11.9 Å². The van der Waals surface area contributed by atoms with E-state index in [0.29, 0.717) is 32.0 Å². The second-order valence-electron chi connectivity index (χ2n) is 7.33. The van der Waals surface area contributed by atoms with Crippen LogP contribution in [0, 0.1) is 6.92 Å². The number of carbonyl (C=O) groups is 2. The summed E-state index contributed by atoms with van der Waals surface area (Å²) in [4.78, 5) is 27.9. The fourth-order valence-electron chi connectivity index (χ4n) is 3.24. The SMILES string of the molecule is Cc1ccoc1C(=O)N1Cc2cccn2CC(OCc2ccccn2)C1.O=C(O)C(F)(F)F. The number of fused-ring (bicyclic) bond motifs is 1. The van der Waals surface area contributed by atoms with Crippen LogP contribution in [-0.2, 0) is 29.2 Å². The Balaban J connectivity index is 0.000000383. The van der Waals surface area contributed by atoms with Gasteiger partial charge in [0.05, 0.1) is 37.8 Å². The first-order chi connectivity index (χ1) is 15.6. The molecule has 0 bridgehead atoms. The van der Waals surface area contributed by atoms with E-state index >= 15 is 0 Å². The molecule has 33 heavy (non-hydrogen) atoms. The van der Waals surface area contributed by atoms with Crippen LogP contribution >= 0.6 is 0 Å². The van der Waals surface area contributed by atoms with Gasteiger partial charge in [-0.25, -0.2) is 4.79 Å². The Labute approximate surface area is 187 Å². The largest absolute Gasteiger partial charge is 0.490 e. The number of pyridine rings is 1. The number of furan rings is 1. The van der Waals surface area contributed by atoms with Gasteiger partial charge >= 0.3 is 12.1 Å². The zero-order valence-corrected chi connectivity index (χ0v) is 17.7. The fraction of sp³-hybridized carbons (Fsp3) is 0.318. The Morgan fingerprint density at radius 1 is 1.21 bits per heavy atom. The predicted molar refractivity (Wildman–Crippen MR) is 109 cm³/mol. The molecule has 1 unspecified atom stereocenters. The van der Waals surface area contributed by atoms with Crippen LogP contribution in [0.5, 0.6) is 0 Å². The second-order valence-corrected chi connectivity index (χ2v) is 7.33. The summed E-state index contributed by atoms with van der Waals surface area (Å²) in [5, 5.41) is 7.12. The number of aliphatic carboxylic acids is 1. The average molecular weight is 465 g/mol. The van der Waals surface area contributed by atoms with Crippen molar-refractivity contribution in [3.8, 4) is 0 Å². The smallest absolute Gasteiger partial charge is 0.475 e. The highest BCUT2D eigenvalue weighted by Crippen LogP contribution is 2.20. The highest BCUT2D eigenvalue weighted by molar-refractivity contribution is 5.92. The van der Waals surface area contributed by atoms with E-state index in [4.69, 9.17) is 19.1 Å². The van der Waals surface area contributed by atoms with Crippen molar-refractivity contribution in [2.75, 3.05) is 6.54 Å². The number of ether oxygens (including phenoxy) is 1. The van der Waals surface area contributed by atoms with Gasteiger partial charge in [-0.2, -0.15) is 13.2 Å². The number of hydrogen-bond acceptors (Lipinski definition) is 5. The van der Waals surface area contributed by atoms with Gasteiger partial charge in [-0.15, -0.1) is 0 Å². The maximum Gasteiger partial charge on any atom is 0.490 e. The number of hydrogen-bond donors (Lipinski definition) is 1. The molecule has 1 aliphatic heterocycles. The average Bonchev–Trinajstić information content (AvgIpc) is 3.36. The third kappa shape index (κ3) is 6.45. The first-order valence-electron chi connectivity index (χ1n) is 9.94. The number of carboxylic acid groups (broad SMARTS) is 1. The van der Waals surface area contributed by atoms with Crippen molar-refractivity contribution in [1.82, 2.24) is 14.5 Å². The van der Waals surface area contributed by atoms with Crippen LogP contribution < -0.4 is 0 Å². The molecule has 0 saturated carbocycles. The molecule has 0 aliphatic carbocycles. The van der Waals surface area contributed by atoms with E-state index in [9.17, 15) is 18.0 Å². The van der Waals surface area contributed by atoms with Crippen molar-refractivity contribution in [2.24, 2.45) is 0 Å². The number of carbonyl (C=O) groups excluding carboxylic acids is 1. The molecule has 4 heterocycles. The highest BCUT2D eigenvalue weighted by atomic mass is 19.4. The minimum atomic E-state index is -5.08. The highest BCUT2D eigenvalue weighted by Gasteiger charge is 2.38. The Bertz CT molecular complexity index is 1080. The van der Waals surface area contributed by atoms with Crippen molar-refractivity contribution in [3.63, 3.8) is 0 Å². The van der Waals surface area contributed by atoms with E-state index in [0.717, 1.165) is 17.0 Å². The molecule has 176 valence electrons. The van der Waals surface area contributed by atoms with Gasteiger partial charge in [0.15, 0.2) is 5.76 Å². The summed E-state index contributed by atoms with van der Waals surface area (Å²) in [6.45, 7) is 4.05. The van der Waals surface area contributed by atoms with Crippen LogP contribution in [-0.4, -0.2) is 50.3 Å². The van der Waals surface area contributed by atoms with Gasteiger partial charge in [0.1, 0.15) is 0 Å². The van der Waals surface area contributed by atoms with Gasteiger partial charge in [-0.1, -0.05) is 6.07 Å². The molecule has 8 nitrogen and oxygen atoms in total. The van der Waals surface area contributed by atoms with Gasteiger partial charge in [-0.05, 0) is 37.3 Å². The Kier molecular flexibility index (Phi) is 7.54. The third-order valence-corrected chi connectivity index (χ3v) is 4.88. The summed E-state index contributed by atoms with van der Waals surface area (Å²) in [5.74, 6) is -2.46. The lowest BCUT2D eigenvalue weighted by Crippen LogP contribution is -2.37. The van der Waals surface area contributed by atoms with Crippen molar-refractivity contribution in [2.45, 2.75) is 38.9 Å². The second kappa shape index (κ2) is 10.3. The molecule has 1 amide bonds. The number of alkyl halides is 3. The molecule has 1 aliphatic rings. The summed E-state index contributed by atoms with van der Waals surface area (Å²) >= 11 is 0. The van der Waals surface area contributed by atoms with Crippen LogP contribution in [0.25, 0.3) is 0 Å². The maximum absolute atomic E-state index is 12.9.